The first-order valence-electron chi connectivity index (χ1n) is 20.6. The second-order valence-electron chi connectivity index (χ2n) is 14.2. The van der Waals surface area contributed by atoms with Crippen molar-refractivity contribution in [1.29, 1.82) is 21.0 Å². The van der Waals surface area contributed by atoms with Crippen molar-refractivity contribution in [2.24, 2.45) is 4.99 Å². The highest BCUT2D eigenvalue weighted by Gasteiger charge is 2.27. The average molecular weight is 910 g/mol. The smallest absolute Gasteiger partial charge is 0.349 e. The quantitative estimate of drug-likeness (QED) is 0.0924. The molecule has 0 saturated carbocycles. The number of aromatic nitrogens is 2. The van der Waals surface area contributed by atoms with E-state index in [4.69, 9.17) is 38.4 Å². The molecular weight excluding hydrogens is 875 g/mol. The molecule has 0 fully saturated rings. The van der Waals surface area contributed by atoms with Crippen molar-refractivity contribution in [1.82, 2.24) is 9.55 Å². The summed E-state index contributed by atoms with van der Waals surface area (Å²) >= 11 is 1.44. The summed E-state index contributed by atoms with van der Waals surface area (Å²) in [7, 11) is 0. The molecule has 328 valence electrons. The van der Waals surface area contributed by atoms with E-state index >= 15 is 0 Å². The van der Waals surface area contributed by atoms with Gasteiger partial charge in [-0.1, -0.05) is 127 Å². The summed E-state index contributed by atoms with van der Waals surface area (Å²) in [4.78, 5) is 49.6. The van der Waals surface area contributed by atoms with Crippen LogP contribution in [0.2, 0.25) is 0 Å². The lowest BCUT2D eigenvalue weighted by Gasteiger charge is -2.13. The number of carbonyl (C=O) groups is 2. The zero-order valence-corrected chi connectivity index (χ0v) is 37.0. The minimum Gasteiger partial charge on any atom is -0.462 e. The Bertz CT molecular complexity index is 3280. The monoisotopic (exact) mass is 909 g/mol. The fourth-order valence-electron chi connectivity index (χ4n) is 6.97. The number of allylic oxidation sites excluding steroid dienone is 7. The molecule has 0 saturated heterocycles. The molecule has 0 spiro atoms. The van der Waals surface area contributed by atoms with Gasteiger partial charge in [-0.25, -0.2) is 29.8 Å². The predicted octanol–water partition coefficient (Wildman–Crippen LogP) is 9.18. The Morgan fingerprint density at radius 3 is 1.97 bits per heavy atom. The number of ether oxygens (including phenoxy) is 2. The molecule has 0 N–H and O–H groups in total. The molecule has 0 radical (unpaired) electrons. The van der Waals surface area contributed by atoms with Crippen LogP contribution in [0.5, 0.6) is 0 Å². The summed E-state index contributed by atoms with van der Waals surface area (Å²) in [5.41, 5.74) is 8.03. The Hall–Kier alpha value is -9.64. The van der Waals surface area contributed by atoms with E-state index < -0.39 is 17.5 Å². The molecule has 14 nitrogen and oxygen atoms in total. The van der Waals surface area contributed by atoms with E-state index in [0.717, 1.165) is 51.3 Å². The van der Waals surface area contributed by atoms with Crippen LogP contribution in [-0.4, -0.2) is 46.2 Å². The number of nitrogens with zero attached hydrogens (tertiary/aromatic N) is 9. The summed E-state index contributed by atoms with van der Waals surface area (Å²) in [6.07, 6.45) is 6.13. The molecule has 0 bridgehead atoms. The Labute approximate surface area is 395 Å². The van der Waals surface area contributed by atoms with Gasteiger partial charge < -0.3 is 14.0 Å². The van der Waals surface area contributed by atoms with E-state index in [1.165, 1.54) is 23.5 Å². The van der Waals surface area contributed by atoms with Crippen LogP contribution in [-0.2, 0) is 27.2 Å². The maximum absolute atomic E-state index is 12.0. The number of rotatable bonds is 5. The lowest BCUT2D eigenvalue weighted by molar-refractivity contribution is -0.135. The third kappa shape index (κ3) is 11.2. The second-order valence-corrected chi connectivity index (χ2v) is 15.2. The first-order valence-corrected chi connectivity index (χ1v) is 21.6. The van der Waals surface area contributed by atoms with Crippen LogP contribution >= 0.6 is 11.8 Å². The Balaban J connectivity index is 0.000000152. The van der Waals surface area contributed by atoms with Crippen LogP contribution in [0.4, 0.5) is 0 Å². The summed E-state index contributed by atoms with van der Waals surface area (Å²) in [5.74, 6) is -0.220. The third-order valence-electron chi connectivity index (χ3n) is 10.2. The molecule has 0 atom stereocenters. The molecule has 1 aliphatic carbocycles. The maximum Gasteiger partial charge on any atom is 0.349 e. The number of nitriles is 4. The van der Waals surface area contributed by atoms with E-state index in [2.05, 4.69) is 25.7 Å². The number of benzene rings is 4. The number of hydrogen-bond acceptors (Lipinski definition) is 12. The van der Waals surface area contributed by atoms with Gasteiger partial charge in [0.05, 0.1) is 44.1 Å². The normalized spacial score (nSPS) is 15.0. The highest BCUT2D eigenvalue weighted by atomic mass is 32.2. The molecule has 4 aliphatic rings. The molecule has 4 heterocycles. The van der Waals surface area contributed by atoms with Crippen molar-refractivity contribution in [2.75, 3.05) is 19.0 Å². The zero-order valence-electron chi connectivity index (χ0n) is 36.2. The summed E-state index contributed by atoms with van der Waals surface area (Å²) in [6, 6.07) is 44.2. The van der Waals surface area contributed by atoms with Crippen molar-refractivity contribution < 1.29 is 19.1 Å². The number of thioether (sulfide) groups is 1. The van der Waals surface area contributed by atoms with E-state index in [9.17, 15) is 19.6 Å². The molecular formula is C53H35N9O5S. The molecule has 5 aromatic rings. The molecule has 9 rings (SSSR count). The standard InChI is InChI=1S/C17H13N3O3.C13H8N2.C12H7N3S.C11H7NO2/c1-2-23-17(22)14-10-20-9-13(11-6-4-3-5-7-11)12(8-18)15(20)19-16(14)21;1-15-13(9-14)12-8-4-6-10-5-2-3-7-11(10)12;1-14-10(7-13)12-15-11(8-16-12)9-5-3-2-4-6-9;12-6-9-10(7-14-11(9)13)8-4-2-1-3-5-8/h3-7,10H,2,9H2,1H3;2-5,7-8H,6H2;2-6H,8H2;1-5H,7H2/b;13-12+;12-10-;. The number of fused-ring (bicyclic) bond motifs is 2. The topological polar surface area (TPSA) is 204 Å². The fourth-order valence-corrected chi connectivity index (χ4v) is 7.88. The van der Waals surface area contributed by atoms with Crippen LogP contribution in [0.3, 0.4) is 0 Å². The number of cyclic esters (lactones) is 1. The summed E-state index contributed by atoms with van der Waals surface area (Å²) < 4.78 is 11.3. The summed E-state index contributed by atoms with van der Waals surface area (Å²) in [5, 5.41) is 36.3. The van der Waals surface area contributed by atoms with Crippen molar-refractivity contribution in [3.63, 3.8) is 0 Å². The molecule has 68 heavy (non-hydrogen) atoms. The average Bonchev–Trinajstić information content (AvgIpc) is 4.13. The number of aliphatic imine (C=N–C) groups is 1. The van der Waals surface area contributed by atoms with Gasteiger partial charge in [-0.15, -0.1) is 11.8 Å². The van der Waals surface area contributed by atoms with E-state index in [1.54, 1.807) is 11.5 Å². The number of esters is 2. The lowest BCUT2D eigenvalue weighted by Crippen LogP contribution is -2.23. The summed E-state index contributed by atoms with van der Waals surface area (Å²) in [6.45, 7) is 16.2. The van der Waals surface area contributed by atoms with Gasteiger partial charge in [0, 0.05) is 23.1 Å². The van der Waals surface area contributed by atoms with E-state index in [1.807, 2.05) is 146 Å². The van der Waals surface area contributed by atoms with Gasteiger partial charge in [-0.3, -0.25) is 9.79 Å². The maximum atomic E-state index is 12.0. The molecule has 15 heteroatoms. The minimum absolute atomic E-state index is 0.0796. The Morgan fingerprint density at radius 1 is 0.794 bits per heavy atom. The van der Waals surface area contributed by atoms with Crippen molar-refractivity contribution in [2.45, 2.75) is 19.9 Å². The van der Waals surface area contributed by atoms with Crippen molar-refractivity contribution >= 4 is 51.7 Å². The minimum atomic E-state index is -0.702. The van der Waals surface area contributed by atoms with Crippen LogP contribution in [0.1, 0.15) is 50.9 Å². The third-order valence-corrected chi connectivity index (χ3v) is 11.2. The fraction of sp³-hybridized carbons (Fsp3) is 0.113. The van der Waals surface area contributed by atoms with Crippen molar-refractivity contribution in [3.8, 4) is 24.3 Å². The number of carbonyl (C=O) groups excluding carboxylic acids is 2. The largest absolute Gasteiger partial charge is 0.462 e. The van der Waals surface area contributed by atoms with Crippen LogP contribution < -0.4 is 5.56 Å². The molecule has 1 aromatic heterocycles. The van der Waals surface area contributed by atoms with Gasteiger partial charge in [-0.2, -0.15) is 15.5 Å². The van der Waals surface area contributed by atoms with Crippen molar-refractivity contribution in [3.05, 3.63) is 228 Å². The zero-order chi connectivity index (χ0) is 48.4. The highest BCUT2D eigenvalue weighted by Crippen LogP contribution is 2.33. The SMILES string of the molecule is CCOC(=O)c1cn2c(nc1=O)C(C#N)=C(c1ccccc1)C2.N#CC1=C(c2ccccc2)COC1=O.[C-]#[N+]/C(C#N)=C1/N=C(c2ccccc2)CS1.[C-]#[N+]/C(C#N)=C1\C=CCc2ccccc21. The van der Waals surface area contributed by atoms with Gasteiger partial charge >= 0.3 is 11.9 Å². The molecule has 0 amide bonds. The van der Waals surface area contributed by atoms with E-state index in [0.29, 0.717) is 22.7 Å². The van der Waals surface area contributed by atoms with Crippen LogP contribution in [0.15, 0.2) is 165 Å². The van der Waals surface area contributed by atoms with Gasteiger partial charge in [0.15, 0.2) is 5.82 Å². The number of hydrogen-bond donors (Lipinski definition) is 0. The van der Waals surface area contributed by atoms with Crippen LogP contribution in [0, 0.1) is 58.5 Å². The van der Waals surface area contributed by atoms with Gasteiger partial charge in [-0.05, 0) is 46.7 Å². The molecule has 0 unspecified atom stereocenters. The highest BCUT2D eigenvalue weighted by molar-refractivity contribution is 8.04. The molecule has 3 aliphatic heterocycles. The van der Waals surface area contributed by atoms with Gasteiger partial charge in [0.2, 0.25) is 0 Å². The van der Waals surface area contributed by atoms with Gasteiger partial charge in [0.25, 0.3) is 17.0 Å². The Morgan fingerprint density at radius 2 is 1.38 bits per heavy atom. The Kier molecular flexibility index (Phi) is 16.4. The molecule has 4 aromatic carbocycles. The second kappa shape index (κ2) is 23.3. The van der Waals surface area contributed by atoms with E-state index in [-0.39, 0.29) is 41.6 Å². The first kappa shape index (κ1) is 47.8. The lowest BCUT2D eigenvalue weighted by atomic mass is 9.91. The van der Waals surface area contributed by atoms with Gasteiger partial charge in [0.1, 0.15) is 40.5 Å². The van der Waals surface area contributed by atoms with Crippen LogP contribution in [0.25, 0.3) is 32.0 Å². The predicted molar refractivity (Wildman–Crippen MR) is 256 cm³/mol. The first-order chi connectivity index (χ1) is 33.2.